The maximum atomic E-state index is 13.6. The Hall–Kier alpha value is -1.63. The zero-order chi connectivity index (χ0) is 13.1. The van der Waals surface area contributed by atoms with Crippen LogP contribution in [0.3, 0.4) is 0 Å². The van der Waals surface area contributed by atoms with Gasteiger partial charge in [-0.3, -0.25) is 0 Å². The third-order valence-corrected chi connectivity index (χ3v) is 3.57. The summed E-state index contributed by atoms with van der Waals surface area (Å²) >= 11 is 0. The van der Waals surface area contributed by atoms with Gasteiger partial charge in [-0.1, -0.05) is 6.92 Å². The second-order valence-electron chi connectivity index (χ2n) is 4.65. The molecule has 0 amide bonds. The Kier molecular flexibility index (Phi) is 3.81. The molecule has 0 aliphatic carbocycles. The summed E-state index contributed by atoms with van der Waals surface area (Å²) in [5.74, 6) is -1.54. The first-order chi connectivity index (χ1) is 8.67. The van der Waals surface area contributed by atoms with Gasteiger partial charge in [0.2, 0.25) is 0 Å². The molecule has 1 unspecified atom stereocenters. The number of hydrogen-bond acceptors (Lipinski definition) is 2. The third-order valence-electron chi connectivity index (χ3n) is 3.57. The Morgan fingerprint density at radius 2 is 2.00 bits per heavy atom. The first-order valence-corrected chi connectivity index (χ1v) is 6.33. The summed E-state index contributed by atoms with van der Waals surface area (Å²) in [7, 11) is 0. The molecule has 0 spiro atoms. The van der Waals surface area contributed by atoms with E-state index in [9.17, 15) is 8.78 Å². The first-order valence-electron chi connectivity index (χ1n) is 6.33. The van der Waals surface area contributed by atoms with Gasteiger partial charge in [0.1, 0.15) is 23.3 Å². The van der Waals surface area contributed by atoms with Crippen molar-refractivity contribution in [2.75, 3.05) is 11.4 Å². The van der Waals surface area contributed by atoms with Crippen molar-refractivity contribution in [3.63, 3.8) is 0 Å². The smallest absolute Gasteiger partial charge is 0.146 e. The van der Waals surface area contributed by atoms with E-state index in [0.29, 0.717) is 11.7 Å². The fraction of sp³-hybridized carbons (Fsp3) is 0.500. The molecule has 0 bridgehead atoms. The molecule has 1 aromatic carbocycles. The van der Waals surface area contributed by atoms with Gasteiger partial charge >= 0.3 is 0 Å². The zero-order valence-electron chi connectivity index (χ0n) is 10.4. The van der Waals surface area contributed by atoms with E-state index >= 15 is 0 Å². The van der Waals surface area contributed by atoms with Crippen LogP contribution in [0.2, 0.25) is 0 Å². The highest BCUT2D eigenvalue weighted by molar-refractivity contribution is 5.52. The van der Waals surface area contributed by atoms with Gasteiger partial charge in [-0.25, -0.2) is 8.78 Å². The summed E-state index contributed by atoms with van der Waals surface area (Å²) in [5.41, 5.74) is 0.0550. The molecule has 0 saturated carbocycles. The van der Waals surface area contributed by atoms with E-state index in [1.54, 1.807) is 6.07 Å². The van der Waals surface area contributed by atoms with Crippen LogP contribution >= 0.6 is 0 Å². The highest BCUT2D eigenvalue weighted by Gasteiger charge is 2.23. The van der Waals surface area contributed by atoms with Gasteiger partial charge in [-0.05, 0) is 37.8 Å². The minimum Gasteiger partial charge on any atom is -0.368 e. The van der Waals surface area contributed by atoms with E-state index in [4.69, 9.17) is 5.26 Å². The predicted octanol–water partition coefficient (Wildman–Crippen LogP) is 3.61. The number of halogens is 2. The summed E-state index contributed by atoms with van der Waals surface area (Å²) in [6.07, 6.45) is 4.22. The van der Waals surface area contributed by atoms with Crippen LogP contribution in [0, 0.1) is 23.0 Å². The fourth-order valence-electron chi connectivity index (χ4n) is 2.60. The molecule has 1 atom stereocenters. The van der Waals surface area contributed by atoms with Crippen LogP contribution in [0.4, 0.5) is 14.5 Å². The molecular weight excluding hydrogens is 234 g/mol. The lowest BCUT2D eigenvalue weighted by Gasteiger charge is -2.37. The Balaban J connectivity index is 2.36. The predicted molar refractivity (Wildman–Crippen MR) is 66.3 cm³/mol. The lowest BCUT2D eigenvalue weighted by Crippen LogP contribution is -2.39. The van der Waals surface area contributed by atoms with Gasteiger partial charge in [-0.15, -0.1) is 0 Å². The van der Waals surface area contributed by atoms with Crippen molar-refractivity contribution in [2.24, 2.45) is 0 Å². The number of anilines is 1. The molecular formula is C14H16F2N2. The van der Waals surface area contributed by atoms with Crippen LogP contribution in [0.15, 0.2) is 12.1 Å². The van der Waals surface area contributed by atoms with Crippen LogP contribution in [0.25, 0.3) is 0 Å². The number of benzene rings is 1. The Bertz CT molecular complexity index is 456. The monoisotopic (exact) mass is 250 g/mol. The molecule has 1 heterocycles. The molecule has 2 nitrogen and oxygen atoms in total. The number of rotatable bonds is 2. The summed E-state index contributed by atoms with van der Waals surface area (Å²) in [4.78, 5) is 2.05. The van der Waals surface area contributed by atoms with Crippen LogP contribution < -0.4 is 4.90 Å². The lowest BCUT2D eigenvalue weighted by atomic mass is 9.99. The maximum absolute atomic E-state index is 13.6. The van der Waals surface area contributed by atoms with Crippen molar-refractivity contribution in [1.29, 1.82) is 5.26 Å². The van der Waals surface area contributed by atoms with Crippen molar-refractivity contribution in [1.82, 2.24) is 0 Å². The lowest BCUT2D eigenvalue weighted by molar-refractivity contribution is 0.448. The Morgan fingerprint density at radius 3 is 2.56 bits per heavy atom. The van der Waals surface area contributed by atoms with E-state index in [1.165, 1.54) is 12.1 Å². The minimum absolute atomic E-state index is 0.338. The van der Waals surface area contributed by atoms with Crippen molar-refractivity contribution >= 4 is 5.69 Å². The minimum atomic E-state index is -0.770. The van der Waals surface area contributed by atoms with E-state index in [0.717, 1.165) is 32.2 Å². The van der Waals surface area contributed by atoms with Crippen molar-refractivity contribution in [3.05, 3.63) is 29.3 Å². The number of piperidine rings is 1. The molecule has 0 N–H and O–H groups in total. The van der Waals surface area contributed by atoms with Crippen molar-refractivity contribution in [3.8, 4) is 6.07 Å². The quantitative estimate of drug-likeness (QED) is 0.801. The molecule has 1 aliphatic heterocycles. The second-order valence-corrected chi connectivity index (χ2v) is 4.65. The van der Waals surface area contributed by atoms with Gasteiger partial charge < -0.3 is 4.90 Å². The summed E-state index contributed by atoms with van der Waals surface area (Å²) < 4.78 is 27.2. The fourth-order valence-corrected chi connectivity index (χ4v) is 2.60. The SMILES string of the molecule is CCC1CCCCN1c1cc(F)c(C#N)c(F)c1. The second kappa shape index (κ2) is 5.34. The zero-order valence-corrected chi connectivity index (χ0v) is 10.4. The highest BCUT2D eigenvalue weighted by Crippen LogP contribution is 2.29. The van der Waals surface area contributed by atoms with E-state index in [1.807, 2.05) is 0 Å². The Morgan fingerprint density at radius 1 is 1.33 bits per heavy atom. The number of hydrogen-bond donors (Lipinski definition) is 0. The summed E-state index contributed by atoms with van der Waals surface area (Å²) in [6.45, 7) is 2.91. The van der Waals surface area contributed by atoms with E-state index in [2.05, 4.69) is 11.8 Å². The van der Waals surface area contributed by atoms with E-state index < -0.39 is 17.2 Å². The van der Waals surface area contributed by atoms with Gasteiger partial charge in [0, 0.05) is 18.3 Å². The van der Waals surface area contributed by atoms with Crippen LogP contribution in [-0.4, -0.2) is 12.6 Å². The molecule has 1 aromatic rings. The average Bonchev–Trinajstić information content (AvgIpc) is 2.38. The first kappa shape index (κ1) is 12.8. The molecule has 1 aliphatic rings. The van der Waals surface area contributed by atoms with E-state index in [-0.39, 0.29) is 0 Å². The molecule has 0 radical (unpaired) electrons. The van der Waals surface area contributed by atoms with Crippen molar-refractivity contribution in [2.45, 2.75) is 38.6 Å². The van der Waals surface area contributed by atoms with Gasteiger partial charge in [0.25, 0.3) is 0 Å². The van der Waals surface area contributed by atoms with Crippen molar-refractivity contribution < 1.29 is 8.78 Å². The van der Waals surface area contributed by atoms with Crippen LogP contribution in [-0.2, 0) is 0 Å². The maximum Gasteiger partial charge on any atom is 0.146 e. The summed E-state index contributed by atoms with van der Waals surface area (Å²) in [6, 6.07) is 4.44. The van der Waals surface area contributed by atoms with Gasteiger partial charge in [0.15, 0.2) is 0 Å². The Labute approximate surface area is 106 Å². The number of nitriles is 1. The largest absolute Gasteiger partial charge is 0.368 e. The van der Waals surface area contributed by atoms with Gasteiger partial charge in [-0.2, -0.15) is 5.26 Å². The molecule has 0 aromatic heterocycles. The third kappa shape index (κ3) is 2.31. The van der Waals surface area contributed by atoms with Gasteiger partial charge in [0.05, 0.1) is 0 Å². The average molecular weight is 250 g/mol. The highest BCUT2D eigenvalue weighted by atomic mass is 19.1. The van der Waals surface area contributed by atoms with Crippen LogP contribution in [0.1, 0.15) is 38.2 Å². The summed E-state index contributed by atoms with van der Waals surface area (Å²) in [5, 5.41) is 8.66. The molecule has 2 rings (SSSR count). The normalized spacial score (nSPS) is 19.7. The molecule has 1 fully saturated rings. The molecule has 4 heteroatoms. The standard InChI is InChI=1S/C14H16F2N2/c1-2-10-5-3-4-6-18(10)11-7-13(15)12(9-17)14(16)8-11/h7-8,10H,2-6H2,1H3. The topological polar surface area (TPSA) is 27.0 Å². The van der Waals surface area contributed by atoms with Crippen LogP contribution in [0.5, 0.6) is 0 Å². The molecule has 96 valence electrons. The molecule has 1 saturated heterocycles. The molecule has 18 heavy (non-hydrogen) atoms. The number of nitrogens with zero attached hydrogens (tertiary/aromatic N) is 2.